The van der Waals surface area contributed by atoms with Crippen LogP contribution in [0.5, 0.6) is 0 Å². The Morgan fingerprint density at radius 2 is 1.88 bits per heavy atom. The van der Waals surface area contributed by atoms with Crippen LogP contribution >= 0.6 is 11.6 Å². The first-order chi connectivity index (χ1) is 7.65. The van der Waals surface area contributed by atoms with Gasteiger partial charge in [-0.25, -0.2) is 0 Å². The highest BCUT2D eigenvalue weighted by atomic mass is 35.5. The Bertz CT molecular complexity index is 302. The van der Waals surface area contributed by atoms with Crippen LogP contribution in [0.4, 0.5) is 0 Å². The first-order valence-electron chi connectivity index (χ1n) is 5.99. The highest BCUT2D eigenvalue weighted by Gasteiger charge is 2.04. The summed E-state index contributed by atoms with van der Waals surface area (Å²) in [5.74, 6) is 0.759. The number of halogens is 1. The molecule has 1 unspecified atom stereocenters. The van der Waals surface area contributed by atoms with Crippen LogP contribution in [0.15, 0.2) is 18.2 Å². The van der Waals surface area contributed by atoms with E-state index in [1.54, 1.807) is 0 Å². The van der Waals surface area contributed by atoms with Crippen molar-refractivity contribution in [2.45, 2.75) is 46.2 Å². The van der Waals surface area contributed by atoms with Crippen LogP contribution in [0.2, 0.25) is 0 Å². The average Bonchev–Trinajstić information content (AvgIpc) is 2.25. The summed E-state index contributed by atoms with van der Waals surface area (Å²) < 4.78 is 0. The molecule has 1 nitrogen and oxygen atoms in total. The molecule has 1 rings (SSSR count). The van der Waals surface area contributed by atoms with E-state index in [2.05, 4.69) is 44.3 Å². The van der Waals surface area contributed by atoms with Gasteiger partial charge in [0.05, 0.1) is 0 Å². The summed E-state index contributed by atoms with van der Waals surface area (Å²) in [4.78, 5) is 0. The highest BCUT2D eigenvalue weighted by molar-refractivity contribution is 6.17. The summed E-state index contributed by atoms with van der Waals surface area (Å²) in [5.41, 5.74) is 4.18. The number of rotatable bonds is 6. The van der Waals surface area contributed by atoms with Gasteiger partial charge >= 0.3 is 0 Å². The van der Waals surface area contributed by atoms with Gasteiger partial charge in [-0.05, 0) is 50.3 Å². The predicted octanol–water partition coefficient (Wildman–Crippen LogP) is 3.80. The fourth-order valence-electron chi connectivity index (χ4n) is 1.89. The van der Waals surface area contributed by atoms with Gasteiger partial charge < -0.3 is 5.32 Å². The Hall–Kier alpha value is -0.530. The van der Waals surface area contributed by atoms with Gasteiger partial charge in [0.25, 0.3) is 0 Å². The standard InChI is InChI=1S/C14H22ClN/c1-11-6-4-7-12(2)14(11)10-16-13(3)8-5-9-15/h4,6-7,13,16H,5,8-10H2,1-3H3. The van der Waals surface area contributed by atoms with Crippen molar-refractivity contribution in [3.63, 3.8) is 0 Å². The Morgan fingerprint density at radius 1 is 1.25 bits per heavy atom. The van der Waals surface area contributed by atoms with Crippen LogP contribution in [0.1, 0.15) is 36.5 Å². The second-order valence-corrected chi connectivity index (χ2v) is 4.86. The molecule has 0 aliphatic carbocycles. The zero-order chi connectivity index (χ0) is 12.0. The van der Waals surface area contributed by atoms with Gasteiger partial charge in [0.2, 0.25) is 0 Å². The zero-order valence-electron chi connectivity index (χ0n) is 10.5. The number of alkyl halides is 1. The van der Waals surface area contributed by atoms with Crippen molar-refractivity contribution in [1.82, 2.24) is 5.32 Å². The van der Waals surface area contributed by atoms with Crippen molar-refractivity contribution in [2.24, 2.45) is 0 Å². The number of benzene rings is 1. The number of hydrogen-bond acceptors (Lipinski definition) is 1. The molecule has 0 saturated heterocycles. The molecule has 0 aliphatic heterocycles. The molecule has 0 saturated carbocycles. The van der Waals surface area contributed by atoms with Crippen molar-refractivity contribution in [1.29, 1.82) is 0 Å². The van der Waals surface area contributed by atoms with Crippen molar-refractivity contribution in [3.8, 4) is 0 Å². The molecule has 0 spiro atoms. The van der Waals surface area contributed by atoms with Crippen molar-refractivity contribution >= 4 is 11.6 Å². The summed E-state index contributed by atoms with van der Waals surface area (Å²) >= 11 is 5.69. The molecule has 1 aromatic rings. The molecule has 90 valence electrons. The fraction of sp³-hybridized carbons (Fsp3) is 0.571. The normalized spacial score (nSPS) is 12.8. The SMILES string of the molecule is Cc1cccc(C)c1CNC(C)CCCCl. The molecular formula is C14H22ClN. The van der Waals surface area contributed by atoms with Crippen molar-refractivity contribution in [2.75, 3.05) is 5.88 Å². The van der Waals surface area contributed by atoms with Crippen molar-refractivity contribution < 1.29 is 0 Å². The topological polar surface area (TPSA) is 12.0 Å². The number of hydrogen-bond donors (Lipinski definition) is 1. The van der Waals surface area contributed by atoms with E-state index >= 15 is 0 Å². The lowest BCUT2D eigenvalue weighted by molar-refractivity contribution is 0.508. The highest BCUT2D eigenvalue weighted by Crippen LogP contribution is 2.13. The largest absolute Gasteiger partial charge is 0.310 e. The molecule has 2 heteroatoms. The molecule has 1 N–H and O–H groups in total. The summed E-state index contributed by atoms with van der Waals surface area (Å²) in [5, 5.41) is 3.56. The Balaban J connectivity index is 2.48. The first kappa shape index (κ1) is 13.5. The van der Waals surface area contributed by atoms with Crippen molar-refractivity contribution in [3.05, 3.63) is 34.9 Å². The van der Waals surface area contributed by atoms with E-state index in [4.69, 9.17) is 11.6 Å². The van der Waals surface area contributed by atoms with Gasteiger partial charge in [-0.2, -0.15) is 0 Å². The summed E-state index contributed by atoms with van der Waals surface area (Å²) in [7, 11) is 0. The monoisotopic (exact) mass is 239 g/mol. The maximum atomic E-state index is 5.69. The summed E-state index contributed by atoms with van der Waals surface area (Å²) in [6.07, 6.45) is 2.23. The summed E-state index contributed by atoms with van der Waals surface area (Å²) in [6.45, 7) is 7.53. The minimum absolute atomic E-state index is 0.540. The molecule has 1 aromatic carbocycles. The smallest absolute Gasteiger partial charge is 0.0224 e. The van der Waals surface area contributed by atoms with E-state index in [-0.39, 0.29) is 0 Å². The molecule has 16 heavy (non-hydrogen) atoms. The third-order valence-electron chi connectivity index (χ3n) is 3.04. The van der Waals surface area contributed by atoms with Gasteiger partial charge in [0, 0.05) is 18.5 Å². The lowest BCUT2D eigenvalue weighted by Gasteiger charge is -2.16. The predicted molar refractivity (Wildman–Crippen MR) is 72.2 cm³/mol. The lowest BCUT2D eigenvalue weighted by Crippen LogP contribution is -2.26. The van der Waals surface area contributed by atoms with Gasteiger partial charge in [-0.15, -0.1) is 11.6 Å². The third kappa shape index (κ3) is 4.15. The third-order valence-corrected chi connectivity index (χ3v) is 3.31. The van der Waals surface area contributed by atoms with Crippen LogP contribution in [-0.4, -0.2) is 11.9 Å². The maximum Gasteiger partial charge on any atom is 0.0224 e. The van der Waals surface area contributed by atoms with Crippen LogP contribution in [0, 0.1) is 13.8 Å². The molecule has 0 aromatic heterocycles. The molecular weight excluding hydrogens is 218 g/mol. The molecule has 0 radical (unpaired) electrons. The van der Waals surface area contributed by atoms with Crippen LogP contribution in [0.25, 0.3) is 0 Å². The molecule has 0 aliphatic rings. The van der Waals surface area contributed by atoms with Crippen LogP contribution < -0.4 is 5.32 Å². The molecule has 0 heterocycles. The van der Waals surface area contributed by atoms with Crippen LogP contribution in [-0.2, 0) is 6.54 Å². The van der Waals surface area contributed by atoms with Gasteiger partial charge in [0.15, 0.2) is 0 Å². The quantitative estimate of drug-likeness (QED) is 0.745. The second-order valence-electron chi connectivity index (χ2n) is 4.48. The second kappa shape index (κ2) is 6.93. The number of nitrogens with one attached hydrogen (secondary N) is 1. The Labute approximate surface area is 104 Å². The molecule has 1 atom stereocenters. The van der Waals surface area contributed by atoms with Gasteiger partial charge in [-0.1, -0.05) is 18.2 Å². The van der Waals surface area contributed by atoms with E-state index < -0.39 is 0 Å². The minimum Gasteiger partial charge on any atom is -0.310 e. The van der Waals surface area contributed by atoms with E-state index in [0.717, 1.165) is 25.3 Å². The maximum absolute atomic E-state index is 5.69. The Morgan fingerprint density at radius 3 is 2.44 bits per heavy atom. The fourth-order valence-corrected chi connectivity index (χ4v) is 2.04. The summed E-state index contributed by atoms with van der Waals surface area (Å²) in [6, 6.07) is 7.00. The van der Waals surface area contributed by atoms with E-state index in [0.29, 0.717) is 6.04 Å². The zero-order valence-corrected chi connectivity index (χ0v) is 11.3. The van der Waals surface area contributed by atoms with Gasteiger partial charge in [0.1, 0.15) is 0 Å². The van der Waals surface area contributed by atoms with E-state index in [1.165, 1.54) is 16.7 Å². The van der Waals surface area contributed by atoms with E-state index in [9.17, 15) is 0 Å². The Kier molecular flexibility index (Phi) is 5.86. The lowest BCUT2D eigenvalue weighted by atomic mass is 10.0. The number of aryl methyl sites for hydroxylation is 2. The minimum atomic E-state index is 0.540. The molecule has 0 fully saturated rings. The van der Waals surface area contributed by atoms with E-state index in [1.807, 2.05) is 0 Å². The van der Waals surface area contributed by atoms with Crippen LogP contribution in [0.3, 0.4) is 0 Å². The average molecular weight is 240 g/mol. The van der Waals surface area contributed by atoms with Gasteiger partial charge in [-0.3, -0.25) is 0 Å². The molecule has 0 bridgehead atoms. The first-order valence-corrected chi connectivity index (χ1v) is 6.53. The molecule has 0 amide bonds.